The summed E-state index contributed by atoms with van der Waals surface area (Å²) >= 11 is 5.90. The standard InChI is InChI=1S/C15H22ClNO3S/c1-5-17(12(4)10-21(19,20)6-2)15(18)14-8-7-13(16)9-11(14)3/h7-9,12H,5-6,10H2,1-4H3. The SMILES string of the molecule is CCN(C(=O)c1ccc(Cl)cc1C)C(C)CS(=O)(=O)CC. The number of halogens is 1. The van der Waals surface area contributed by atoms with Gasteiger partial charge >= 0.3 is 0 Å². The molecule has 6 heteroatoms. The number of carbonyl (C=O) groups excluding carboxylic acids is 1. The minimum Gasteiger partial charge on any atom is -0.335 e. The topological polar surface area (TPSA) is 54.5 Å². The molecule has 118 valence electrons. The van der Waals surface area contributed by atoms with E-state index in [1.165, 1.54) is 0 Å². The van der Waals surface area contributed by atoms with Crippen molar-refractivity contribution in [1.29, 1.82) is 0 Å². The van der Waals surface area contributed by atoms with Gasteiger partial charge in [0.2, 0.25) is 0 Å². The van der Waals surface area contributed by atoms with Crippen LogP contribution in [0.4, 0.5) is 0 Å². The van der Waals surface area contributed by atoms with Gasteiger partial charge in [-0.2, -0.15) is 0 Å². The molecule has 0 aromatic heterocycles. The van der Waals surface area contributed by atoms with Gasteiger partial charge < -0.3 is 4.90 Å². The second kappa shape index (κ2) is 7.27. The maximum Gasteiger partial charge on any atom is 0.254 e. The lowest BCUT2D eigenvalue weighted by Crippen LogP contribution is -2.42. The summed E-state index contributed by atoms with van der Waals surface area (Å²) in [5, 5.41) is 0.578. The molecule has 0 aliphatic carbocycles. The Balaban J connectivity index is 3.01. The van der Waals surface area contributed by atoms with Gasteiger partial charge in [0.1, 0.15) is 0 Å². The van der Waals surface area contributed by atoms with E-state index >= 15 is 0 Å². The fraction of sp³-hybridized carbons (Fsp3) is 0.533. The largest absolute Gasteiger partial charge is 0.335 e. The minimum absolute atomic E-state index is 0.0181. The first-order chi connectivity index (χ1) is 9.71. The van der Waals surface area contributed by atoms with Crippen LogP contribution in [0.15, 0.2) is 18.2 Å². The van der Waals surface area contributed by atoms with Gasteiger partial charge in [0.05, 0.1) is 5.75 Å². The number of hydrogen-bond donors (Lipinski definition) is 0. The number of amides is 1. The van der Waals surface area contributed by atoms with E-state index in [2.05, 4.69) is 0 Å². The number of nitrogens with zero attached hydrogens (tertiary/aromatic N) is 1. The monoisotopic (exact) mass is 331 g/mol. The summed E-state index contributed by atoms with van der Waals surface area (Å²) in [6.07, 6.45) is 0. The summed E-state index contributed by atoms with van der Waals surface area (Å²) < 4.78 is 23.5. The van der Waals surface area contributed by atoms with Crippen molar-refractivity contribution in [1.82, 2.24) is 4.90 Å². The third kappa shape index (κ3) is 4.71. The lowest BCUT2D eigenvalue weighted by atomic mass is 10.1. The summed E-state index contributed by atoms with van der Waals surface area (Å²) in [6, 6.07) is 4.73. The molecule has 1 aromatic rings. The Bertz CT molecular complexity index is 613. The third-order valence-electron chi connectivity index (χ3n) is 3.49. The molecular weight excluding hydrogens is 310 g/mol. The van der Waals surface area contributed by atoms with E-state index < -0.39 is 9.84 Å². The average Bonchev–Trinajstić information content (AvgIpc) is 2.38. The number of hydrogen-bond acceptors (Lipinski definition) is 3. The molecule has 0 aliphatic rings. The van der Waals surface area contributed by atoms with E-state index in [4.69, 9.17) is 11.6 Å². The van der Waals surface area contributed by atoms with Gasteiger partial charge in [0.15, 0.2) is 9.84 Å². The Morgan fingerprint density at radius 3 is 2.43 bits per heavy atom. The summed E-state index contributed by atoms with van der Waals surface area (Å²) in [6.45, 7) is 7.50. The predicted molar refractivity (Wildman–Crippen MR) is 86.7 cm³/mol. The summed E-state index contributed by atoms with van der Waals surface area (Å²) in [4.78, 5) is 14.2. The van der Waals surface area contributed by atoms with Crippen molar-refractivity contribution in [2.24, 2.45) is 0 Å². The molecule has 0 bridgehead atoms. The van der Waals surface area contributed by atoms with Crippen molar-refractivity contribution in [3.63, 3.8) is 0 Å². The molecular formula is C15H22ClNO3S. The zero-order valence-corrected chi connectivity index (χ0v) is 14.5. The lowest BCUT2D eigenvalue weighted by Gasteiger charge is -2.28. The normalized spacial score (nSPS) is 13.0. The van der Waals surface area contributed by atoms with Gasteiger partial charge in [-0.05, 0) is 44.5 Å². The Morgan fingerprint density at radius 2 is 1.95 bits per heavy atom. The van der Waals surface area contributed by atoms with E-state index in [-0.39, 0.29) is 23.5 Å². The molecule has 0 saturated carbocycles. The van der Waals surface area contributed by atoms with Crippen molar-refractivity contribution in [3.05, 3.63) is 34.3 Å². The second-order valence-electron chi connectivity index (χ2n) is 5.10. The van der Waals surface area contributed by atoms with Gasteiger partial charge in [-0.15, -0.1) is 0 Å². The summed E-state index contributed by atoms with van der Waals surface area (Å²) in [5.41, 5.74) is 1.35. The second-order valence-corrected chi connectivity index (χ2v) is 7.93. The van der Waals surface area contributed by atoms with E-state index in [9.17, 15) is 13.2 Å². The van der Waals surface area contributed by atoms with Crippen LogP contribution in [0, 0.1) is 6.92 Å². The highest BCUT2D eigenvalue weighted by atomic mass is 35.5. The number of aryl methyl sites for hydroxylation is 1. The molecule has 4 nitrogen and oxygen atoms in total. The van der Waals surface area contributed by atoms with Crippen LogP contribution in [0.1, 0.15) is 36.7 Å². The zero-order chi connectivity index (χ0) is 16.2. The van der Waals surface area contributed by atoms with Crippen LogP contribution in [0.5, 0.6) is 0 Å². The molecule has 1 amide bonds. The van der Waals surface area contributed by atoms with Crippen molar-refractivity contribution < 1.29 is 13.2 Å². The van der Waals surface area contributed by atoms with Gasteiger partial charge in [0, 0.05) is 28.9 Å². The highest BCUT2D eigenvalue weighted by molar-refractivity contribution is 7.91. The van der Waals surface area contributed by atoms with Gasteiger partial charge in [-0.1, -0.05) is 18.5 Å². The molecule has 0 spiro atoms. The van der Waals surface area contributed by atoms with Crippen LogP contribution < -0.4 is 0 Å². The highest BCUT2D eigenvalue weighted by Crippen LogP contribution is 2.18. The molecule has 0 N–H and O–H groups in total. The zero-order valence-electron chi connectivity index (χ0n) is 12.9. The fourth-order valence-electron chi connectivity index (χ4n) is 2.25. The van der Waals surface area contributed by atoms with Gasteiger partial charge in [-0.25, -0.2) is 8.42 Å². The number of benzene rings is 1. The molecule has 1 aromatic carbocycles. The molecule has 0 heterocycles. The van der Waals surface area contributed by atoms with Crippen LogP contribution >= 0.6 is 11.6 Å². The van der Waals surface area contributed by atoms with Crippen molar-refractivity contribution in [3.8, 4) is 0 Å². The van der Waals surface area contributed by atoms with Crippen molar-refractivity contribution in [2.75, 3.05) is 18.1 Å². The number of sulfone groups is 1. The maximum atomic E-state index is 12.6. The Hall–Kier alpha value is -1.07. The third-order valence-corrected chi connectivity index (χ3v) is 5.59. The molecule has 0 aliphatic heterocycles. The molecule has 1 atom stereocenters. The minimum atomic E-state index is -3.12. The molecule has 1 rings (SSSR count). The number of rotatable bonds is 6. The first kappa shape index (κ1) is 18.0. The van der Waals surface area contributed by atoms with Crippen LogP contribution in [0.2, 0.25) is 5.02 Å². The van der Waals surface area contributed by atoms with Crippen molar-refractivity contribution in [2.45, 2.75) is 33.7 Å². The van der Waals surface area contributed by atoms with E-state index in [0.717, 1.165) is 5.56 Å². The Labute approximate surface area is 132 Å². The Kier molecular flexibility index (Phi) is 6.23. The lowest BCUT2D eigenvalue weighted by molar-refractivity contribution is 0.0718. The van der Waals surface area contributed by atoms with Crippen LogP contribution in [0.3, 0.4) is 0 Å². The molecule has 0 saturated heterocycles. The first-order valence-corrected chi connectivity index (χ1v) is 9.19. The molecule has 0 radical (unpaired) electrons. The molecule has 0 fully saturated rings. The van der Waals surface area contributed by atoms with E-state index in [1.54, 1.807) is 36.9 Å². The van der Waals surface area contributed by atoms with Crippen molar-refractivity contribution >= 4 is 27.3 Å². The quantitative estimate of drug-likeness (QED) is 0.805. The van der Waals surface area contributed by atoms with Crippen LogP contribution in [-0.4, -0.2) is 43.3 Å². The Morgan fingerprint density at radius 1 is 1.33 bits per heavy atom. The summed E-state index contributed by atoms with van der Waals surface area (Å²) in [5.74, 6) is -0.0934. The maximum absolute atomic E-state index is 12.6. The van der Waals surface area contributed by atoms with E-state index in [0.29, 0.717) is 17.1 Å². The fourth-order valence-corrected chi connectivity index (χ4v) is 3.63. The molecule has 21 heavy (non-hydrogen) atoms. The molecule has 1 unspecified atom stereocenters. The summed E-state index contributed by atoms with van der Waals surface area (Å²) in [7, 11) is -3.12. The van der Waals surface area contributed by atoms with Gasteiger partial charge in [-0.3, -0.25) is 4.79 Å². The smallest absolute Gasteiger partial charge is 0.254 e. The van der Waals surface area contributed by atoms with E-state index in [1.807, 2.05) is 13.8 Å². The highest BCUT2D eigenvalue weighted by Gasteiger charge is 2.25. The predicted octanol–water partition coefficient (Wildman–Crippen LogP) is 2.93. The number of carbonyl (C=O) groups is 1. The van der Waals surface area contributed by atoms with Crippen LogP contribution in [-0.2, 0) is 9.84 Å². The van der Waals surface area contributed by atoms with Gasteiger partial charge in [0.25, 0.3) is 5.91 Å². The first-order valence-electron chi connectivity index (χ1n) is 6.99. The van der Waals surface area contributed by atoms with Crippen LogP contribution in [0.25, 0.3) is 0 Å². The average molecular weight is 332 g/mol.